The third-order valence-corrected chi connectivity index (χ3v) is 6.78. The molecule has 0 radical (unpaired) electrons. The molecule has 5 nitrogen and oxygen atoms in total. The molecular weight excluding hydrogens is 481 g/mol. The first kappa shape index (κ1) is 23.9. The minimum Gasteiger partial charge on any atom is -0.356 e. The van der Waals surface area contributed by atoms with E-state index in [0.29, 0.717) is 6.04 Å². The van der Waals surface area contributed by atoms with Gasteiger partial charge in [-0.1, -0.05) is 13.0 Å². The number of piperidine rings is 2. The molecule has 0 atom stereocenters. The first-order valence-electron chi connectivity index (χ1n) is 10.7. The maximum Gasteiger partial charge on any atom is 0.191 e. The number of thiophene rings is 1. The molecule has 0 spiro atoms. The van der Waals surface area contributed by atoms with Gasteiger partial charge in [-0.3, -0.25) is 9.89 Å². The summed E-state index contributed by atoms with van der Waals surface area (Å²) < 4.78 is 0. The van der Waals surface area contributed by atoms with E-state index in [1.165, 1.54) is 69.7 Å². The largest absolute Gasteiger partial charge is 0.356 e. The lowest BCUT2D eigenvalue weighted by Gasteiger charge is -2.34. The molecular formula is C21H38IN5S. The molecule has 0 aromatic carbocycles. The van der Waals surface area contributed by atoms with Gasteiger partial charge in [0.05, 0.1) is 0 Å². The van der Waals surface area contributed by atoms with E-state index in [9.17, 15) is 0 Å². The lowest BCUT2D eigenvalue weighted by atomic mass is 9.97. The van der Waals surface area contributed by atoms with Gasteiger partial charge in [0.1, 0.15) is 0 Å². The second-order valence-electron chi connectivity index (χ2n) is 8.01. The van der Waals surface area contributed by atoms with Crippen LogP contribution in [0.1, 0.15) is 43.9 Å². The van der Waals surface area contributed by atoms with Gasteiger partial charge in [-0.15, -0.1) is 35.3 Å². The van der Waals surface area contributed by atoms with Crippen molar-refractivity contribution in [2.24, 2.45) is 10.9 Å². The average Bonchev–Trinajstić information content (AvgIpc) is 3.21. The summed E-state index contributed by atoms with van der Waals surface area (Å²) in [5.74, 6) is 1.75. The van der Waals surface area contributed by atoms with Gasteiger partial charge in [0.15, 0.2) is 5.96 Å². The van der Waals surface area contributed by atoms with E-state index in [0.717, 1.165) is 25.0 Å². The average molecular weight is 520 g/mol. The zero-order chi connectivity index (χ0) is 18.9. The van der Waals surface area contributed by atoms with Crippen molar-refractivity contribution < 1.29 is 0 Å². The molecule has 0 bridgehead atoms. The highest BCUT2D eigenvalue weighted by Crippen LogP contribution is 2.20. The molecule has 0 amide bonds. The number of rotatable bonds is 7. The normalized spacial score (nSPS) is 20.7. The van der Waals surface area contributed by atoms with Gasteiger partial charge >= 0.3 is 0 Å². The molecule has 3 heterocycles. The Labute approximate surface area is 192 Å². The van der Waals surface area contributed by atoms with Crippen LogP contribution in [0, 0.1) is 5.92 Å². The second kappa shape index (κ2) is 13.0. The summed E-state index contributed by atoms with van der Waals surface area (Å²) in [5.41, 5.74) is 0. The van der Waals surface area contributed by atoms with Gasteiger partial charge in [-0.05, 0) is 69.1 Å². The fourth-order valence-corrected chi connectivity index (χ4v) is 4.96. The van der Waals surface area contributed by atoms with E-state index in [1.54, 1.807) is 0 Å². The van der Waals surface area contributed by atoms with Gasteiger partial charge in [0.2, 0.25) is 0 Å². The molecule has 1 aromatic heterocycles. The molecule has 28 heavy (non-hydrogen) atoms. The summed E-state index contributed by atoms with van der Waals surface area (Å²) in [6.07, 6.45) is 6.27. The first-order chi connectivity index (χ1) is 13.3. The van der Waals surface area contributed by atoms with Crippen molar-refractivity contribution in [3.63, 3.8) is 0 Å². The van der Waals surface area contributed by atoms with E-state index in [-0.39, 0.29) is 24.0 Å². The number of likely N-dealkylation sites (tertiary alicyclic amines) is 2. The second-order valence-corrected chi connectivity index (χ2v) is 9.04. The molecule has 0 aliphatic carbocycles. The van der Waals surface area contributed by atoms with Crippen LogP contribution < -0.4 is 10.6 Å². The van der Waals surface area contributed by atoms with Gasteiger partial charge < -0.3 is 15.5 Å². The molecule has 2 N–H and O–H groups in total. The Morgan fingerprint density at radius 2 is 1.86 bits per heavy atom. The van der Waals surface area contributed by atoms with Crippen LogP contribution in [0.3, 0.4) is 0 Å². The van der Waals surface area contributed by atoms with Crippen LogP contribution in [-0.4, -0.2) is 68.1 Å². The van der Waals surface area contributed by atoms with E-state index in [1.807, 2.05) is 18.4 Å². The summed E-state index contributed by atoms with van der Waals surface area (Å²) in [7, 11) is 1.89. The number of guanidine groups is 1. The predicted molar refractivity (Wildman–Crippen MR) is 132 cm³/mol. The van der Waals surface area contributed by atoms with E-state index < -0.39 is 0 Å². The summed E-state index contributed by atoms with van der Waals surface area (Å²) in [6.45, 7) is 10.5. The predicted octanol–water partition coefficient (Wildman–Crippen LogP) is 3.62. The third-order valence-electron chi connectivity index (χ3n) is 5.92. The Kier molecular flexibility index (Phi) is 11.1. The number of hydrogen-bond acceptors (Lipinski definition) is 4. The summed E-state index contributed by atoms with van der Waals surface area (Å²) in [4.78, 5) is 11.1. The zero-order valence-electron chi connectivity index (χ0n) is 17.5. The van der Waals surface area contributed by atoms with Crippen LogP contribution >= 0.6 is 35.3 Å². The van der Waals surface area contributed by atoms with E-state index >= 15 is 0 Å². The van der Waals surface area contributed by atoms with Gasteiger partial charge in [-0.25, -0.2) is 0 Å². The maximum absolute atomic E-state index is 4.46. The van der Waals surface area contributed by atoms with Crippen molar-refractivity contribution in [1.29, 1.82) is 0 Å². The Hall–Kier alpha value is -0.380. The highest BCUT2D eigenvalue weighted by molar-refractivity contribution is 14.0. The topological polar surface area (TPSA) is 42.9 Å². The van der Waals surface area contributed by atoms with E-state index in [4.69, 9.17) is 0 Å². The highest BCUT2D eigenvalue weighted by atomic mass is 127. The number of halogens is 1. The van der Waals surface area contributed by atoms with Crippen LogP contribution in [0.5, 0.6) is 0 Å². The van der Waals surface area contributed by atoms with Crippen molar-refractivity contribution in [2.45, 2.75) is 51.6 Å². The highest BCUT2D eigenvalue weighted by Gasteiger charge is 2.21. The lowest BCUT2D eigenvalue weighted by Crippen LogP contribution is -2.50. The molecule has 0 saturated carbocycles. The molecule has 7 heteroatoms. The molecule has 0 unspecified atom stereocenters. The fraction of sp³-hybridized carbons (Fsp3) is 0.762. The van der Waals surface area contributed by atoms with Crippen molar-refractivity contribution in [2.75, 3.05) is 46.3 Å². The van der Waals surface area contributed by atoms with Crippen molar-refractivity contribution in [1.82, 2.24) is 20.4 Å². The maximum atomic E-state index is 4.46. The quantitative estimate of drug-likeness (QED) is 0.328. The molecule has 1 aromatic rings. The Morgan fingerprint density at radius 3 is 2.46 bits per heavy atom. The zero-order valence-corrected chi connectivity index (χ0v) is 20.7. The number of nitrogens with one attached hydrogen (secondary N) is 2. The standard InChI is InChI=1S/C21H37N5S.HI/c1-3-10-25-13-8-19(9-14-25)24-21(22-2)23-16-18-6-11-26(12-7-18)17-20-5-4-15-27-20;/h4-5,15,18-19H,3,6-14,16-17H2,1-2H3,(H2,22,23,24);1H. The summed E-state index contributed by atoms with van der Waals surface area (Å²) >= 11 is 1.87. The van der Waals surface area contributed by atoms with Gasteiger partial charge in [0, 0.05) is 44.1 Å². The lowest BCUT2D eigenvalue weighted by molar-refractivity contribution is 0.179. The van der Waals surface area contributed by atoms with Gasteiger partial charge in [-0.2, -0.15) is 0 Å². The molecule has 2 saturated heterocycles. The SMILES string of the molecule is CCCN1CCC(NC(=NC)NCC2CCN(Cc3cccs3)CC2)CC1.I. The van der Waals surface area contributed by atoms with Crippen LogP contribution in [0.25, 0.3) is 0 Å². The monoisotopic (exact) mass is 519 g/mol. The minimum absolute atomic E-state index is 0. The Balaban J connectivity index is 0.00000280. The smallest absolute Gasteiger partial charge is 0.191 e. The Bertz CT molecular complexity index is 549. The molecule has 3 rings (SSSR count). The van der Waals surface area contributed by atoms with Crippen LogP contribution in [0.2, 0.25) is 0 Å². The minimum atomic E-state index is 0. The van der Waals surface area contributed by atoms with Gasteiger partial charge in [0.25, 0.3) is 0 Å². The van der Waals surface area contributed by atoms with Crippen molar-refractivity contribution >= 4 is 41.3 Å². The molecule has 2 fully saturated rings. The first-order valence-corrected chi connectivity index (χ1v) is 11.6. The third kappa shape index (κ3) is 7.80. The van der Waals surface area contributed by atoms with E-state index in [2.05, 4.69) is 49.9 Å². The fourth-order valence-electron chi connectivity index (χ4n) is 4.22. The Morgan fingerprint density at radius 1 is 1.14 bits per heavy atom. The van der Waals surface area contributed by atoms with Crippen molar-refractivity contribution in [3.05, 3.63) is 22.4 Å². The number of aliphatic imine (C=N–C) groups is 1. The number of hydrogen-bond donors (Lipinski definition) is 2. The van der Waals surface area contributed by atoms with Crippen LogP contribution in [0.4, 0.5) is 0 Å². The molecule has 160 valence electrons. The summed E-state index contributed by atoms with van der Waals surface area (Å²) in [6, 6.07) is 4.97. The molecule has 2 aliphatic heterocycles. The number of nitrogens with zero attached hydrogens (tertiary/aromatic N) is 3. The van der Waals surface area contributed by atoms with Crippen LogP contribution in [0.15, 0.2) is 22.5 Å². The van der Waals surface area contributed by atoms with Crippen LogP contribution in [-0.2, 0) is 6.54 Å². The summed E-state index contributed by atoms with van der Waals surface area (Å²) in [5, 5.41) is 9.42. The van der Waals surface area contributed by atoms with Crippen molar-refractivity contribution in [3.8, 4) is 0 Å². The molecule has 2 aliphatic rings.